The highest BCUT2D eigenvalue weighted by atomic mass is 16.3. The molecule has 450 valence electrons. The first-order chi connectivity index (χ1) is 48.1. The number of fused-ring (bicyclic) bond motifs is 16. The molecular formula is C94H57NO2. The van der Waals surface area contributed by atoms with Gasteiger partial charge in [-0.1, -0.05) is 291 Å². The van der Waals surface area contributed by atoms with Gasteiger partial charge >= 0.3 is 0 Å². The predicted octanol–water partition coefficient (Wildman–Crippen LogP) is 26.7. The van der Waals surface area contributed by atoms with Crippen LogP contribution in [0.5, 0.6) is 0 Å². The Labute approximate surface area is 558 Å². The molecule has 0 saturated carbocycles. The molecule has 18 aromatic carbocycles. The van der Waals surface area contributed by atoms with Gasteiger partial charge in [-0.25, -0.2) is 0 Å². The SMILES string of the molecule is c1ccc2cc(-c3c4ccccc4c(-c4ccc(-c5ccc6ccccc6c5)c5oc6ccccc6c45)c4ccccc34)ccc2c1.c1ccc2cc(-c3c4ccccc4c(-c4ccc(-n5c6ccccc6c6ccccc65)c5oc6ccccc6c45)c4ccccc34)ccc2c1. The molecule has 0 fully saturated rings. The third-order valence-corrected chi connectivity index (χ3v) is 20.4. The maximum Gasteiger partial charge on any atom is 0.160 e. The van der Waals surface area contributed by atoms with E-state index in [0.29, 0.717) is 0 Å². The molecule has 97 heavy (non-hydrogen) atoms. The second kappa shape index (κ2) is 21.9. The molecule has 0 atom stereocenters. The van der Waals surface area contributed by atoms with Gasteiger partial charge in [-0.15, -0.1) is 0 Å². The van der Waals surface area contributed by atoms with E-state index in [1.165, 1.54) is 142 Å². The standard InChI is InChI=1S/C48H29NO.C46H28O/c1-2-14-31-29-32(26-25-30(31)13-1)45-35-17-3-5-19-37(35)46(38-20-6-4-18-36(38)45)40-27-28-43(48-47(40)39-21-9-12-24-44(39)50-48)49-41-22-10-7-15-33(41)34-16-8-11-23-42(34)49;1-3-13-31-27-33(23-21-29(31)11-1)35-25-26-41(45-40-19-9-10-20-42(40)47-46(35)45)44-38-17-7-5-15-36(38)43(37-16-6-8-18-39(37)44)34-24-22-30-12-2-4-14-32(30)28-34/h1-29H;1-28H. The first kappa shape index (κ1) is 54.7. The molecule has 0 amide bonds. The number of rotatable bonds is 6. The van der Waals surface area contributed by atoms with Crippen molar-refractivity contribution in [3.8, 4) is 61.3 Å². The summed E-state index contributed by atoms with van der Waals surface area (Å²) in [5.41, 5.74) is 19.0. The summed E-state index contributed by atoms with van der Waals surface area (Å²) in [5.74, 6) is 0. The normalized spacial score (nSPS) is 11.9. The second-order valence-electron chi connectivity index (χ2n) is 25.6. The molecule has 0 radical (unpaired) electrons. The van der Waals surface area contributed by atoms with Gasteiger partial charge in [-0.3, -0.25) is 0 Å². The van der Waals surface area contributed by atoms with Gasteiger partial charge in [-0.05, 0) is 180 Å². The second-order valence-corrected chi connectivity index (χ2v) is 25.6. The zero-order valence-electron chi connectivity index (χ0n) is 52.7. The molecule has 3 aromatic heterocycles. The Morgan fingerprint density at radius 2 is 0.495 bits per heavy atom. The van der Waals surface area contributed by atoms with Gasteiger partial charge in [0.15, 0.2) is 5.58 Å². The molecule has 0 saturated heterocycles. The quantitative estimate of drug-likeness (QED) is 0.155. The number of aromatic nitrogens is 1. The lowest BCUT2D eigenvalue weighted by molar-refractivity contribution is 0.666. The minimum absolute atomic E-state index is 0.887. The van der Waals surface area contributed by atoms with E-state index in [-0.39, 0.29) is 0 Å². The summed E-state index contributed by atoms with van der Waals surface area (Å²) < 4.78 is 16.0. The Balaban J connectivity index is 0.000000132. The van der Waals surface area contributed by atoms with Gasteiger partial charge in [0.2, 0.25) is 0 Å². The zero-order valence-corrected chi connectivity index (χ0v) is 52.7. The molecule has 3 heterocycles. The number of para-hydroxylation sites is 4. The maximum atomic E-state index is 6.90. The lowest BCUT2D eigenvalue weighted by Gasteiger charge is -2.19. The summed E-state index contributed by atoms with van der Waals surface area (Å²) in [7, 11) is 0. The number of hydrogen-bond donors (Lipinski definition) is 0. The third-order valence-electron chi connectivity index (χ3n) is 20.4. The van der Waals surface area contributed by atoms with Crippen LogP contribution in [0.15, 0.2) is 355 Å². The summed E-state index contributed by atoms with van der Waals surface area (Å²) in [6.45, 7) is 0. The van der Waals surface area contributed by atoms with Gasteiger partial charge in [0, 0.05) is 37.9 Å². The van der Waals surface area contributed by atoms with Crippen molar-refractivity contribution in [2.75, 3.05) is 0 Å². The number of nitrogens with zero attached hydrogens (tertiary/aromatic N) is 1. The van der Waals surface area contributed by atoms with Crippen LogP contribution in [0.1, 0.15) is 0 Å². The van der Waals surface area contributed by atoms with Crippen LogP contribution in [0.25, 0.3) is 202 Å². The Kier molecular flexibility index (Phi) is 12.3. The molecule has 0 aliphatic carbocycles. The number of hydrogen-bond acceptors (Lipinski definition) is 2. The van der Waals surface area contributed by atoms with Crippen LogP contribution in [0.2, 0.25) is 0 Å². The van der Waals surface area contributed by atoms with Crippen molar-refractivity contribution < 1.29 is 8.83 Å². The molecule has 0 N–H and O–H groups in total. The fraction of sp³-hybridized carbons (Fsp3) is 0. The van der Waals surface area contributed by atoms with E-state index in [1.807, 2.05) is 0 Å². The highest BCUT2D eigenvalue weighted by Crippen LogP contribution is 2.52. The molecule has 0 spiro atoms. The molecule has 21 rings (SSSR count). The van der Waals surface area contributed by atoms with Crippen molar-refractivity contribution >= 4 is 141 Å². The van der Waals surface area contributed by atoms with E-state index in [9.17, 15) is 0 Å². The van der Waals surface area contributed by atoms with Crippen LogP contribution in [0.4, 0.5) is 0 Å². The number of benzene rings is 18. The smallest absolute Gasteiger partial charge is 0.160 e. The molecule has 0 aliphatic heterocycles. The van der Waals surface area contributed by atoms with E-state index in [4.69, 9.17) is 8.83 Å². The van der Waals surface area contributed by atoms with Gasteiger partial charge in [0.25, 0.3) is 0 Å². The van der Waals surface area contributed by atoms with E-state index in [0.717, 1.165) is 60.7 Å². The van der Waals surface area contributed by atoms with Crippen LogP contribution in [-0.4, -0.2) is 4.57 Å². The van der Waals surface area contributed by atoms with Crippen molar-refractivity contribution in [1.29, 1.82) is 0 Å². The highest BCUT2D eigenvalue weighted by molar-refractivity contribution is 6.29. The molecule has 21 aromatic rings. The van der Waals surface area contributed by atoms with E-state index >= 15 is 0 Å². The van der Waals surface area contributed by atoms with Crippen molar-refractivity contribution in [3.05, 3.63) is 346 Å². The van der Waals surface area contributed by atoms with E-state index in [1.54, 1.807) is 0 Å². The summed E-state index contributed by atoms with van der Waals surface area (Å²) in [4.78, 5) is 0. The van der Waals surface area contributed by atoms with Gasteiger partial charge in [0.1, 0.15) is 16.7 Å². The first-order valence-corrected chi connectivity index (χ1v) is 33.4. The fourth-order valence-corrected chi connectivity index (χ4v) is 16.2. The molecule has 0 aliphatic rings. The fourth-order valence-electron chi connectivity index (χ4n) is 16.2. The summed E-state index contributed by atoms with van der Waals surface area (Å²) in [5, 5.41) is 24.4. The average molecular weight is 1230 g/mol. The maximum absolute atomic E-state index is 6.90. The van der Waals surface area contributed by atoms with Crippen molar-refractivity contribution in [1.82, 2.24) is 4.57 Å². The van der Waals surface area contributed by atoms with Crippen LogP contribution in [-0.2, 0) is 0 Å². The van der Waals surface area contributed by atoms with Gasteiger partial charge < -0.3 is 13.4 Å². The van der Waals surface area contributed by atoms with Crippen LogP contribution < -0.4 is 0 Å². The van der Waals surface area contributed by atoms with Crippen molar-refractivity contribution in [2.24, 2.45) is 0 Å². The van der Waals surface area contributed by atoms with Crippen LogP contribution >= 0.6 is 0 Å². The Morgan fingerprint density at radius 3 is 0.928 bits per heavy atom. The Morgan fingerprint density at radius 1 is 0.196 bits per heavy atom. The summed E-state index contributed by atoms with van der Waals surface area (Å²) in [6.07, 6.45) is 0. The minimum atomic E-state index is 0.887. The summed E-state index contributed by atoms with van der Waals surface area (Å²) >= 11 is 0. The topological polar surface area (TPSA) is 31.2 Å². The molecule has 3 heteroatoms. The zero-order chi connectivity index (χ0) is 63.7. The van der Waals surface area contributed by atoms with Gasteiger partial charge in [-0.2, -0.15) is 0 Å². The Hall–Kier alpha value is -12.8. The first-order valence-electron chi connectivity index (χ1n) is 33.4. The lowest BCUT2D eigenvalue weighted by Crippen LogP contribution is -1.96. The van der Waals surface area contributed by atoms with Crippen molar-refractivity contribution in [2.45, 2.75) is 0 Å². The number of furan rings is 2. The third kappa shape index (κ3) is 8.55. The predicted molar refractivity (Wildman–Crippen MR) is 412 cm³/mol. The van der Waals surface area contributed by atoms with Gasteiger partial charge in [0.05, 0.1) is 16.7 Å². The minimum Gasteiger partial charge on any atom is -0.455 e. The monoisotopic (exact) mass is 1230 g/mol. The Bertz CT molecular complexity index is 6670. The molecule has 0 unspecified atom stereocenters. The van der Waals surface area contributed by atoms with E-state index < -0.39 is 0 Å². The lowest BCUT2D eigenvalue weighted by atomic mass is 9.84. The van der Waals surface area contributed by atoms with E-state index in [2.05, 4.69) is 350 Å². The summed E-state index contributed by atoms with van der Waals surface area (Å²) in [6, 6.07) is 125. The molecule has 0 bridgehead atoms. The molecular weight excluding hydrogens is 1180 g/mol. The highest BCUT2D eigenvalue weighted by Gasteiger charge is 2.26. The van der Waals surface area contributed by atoms with Crippen molar-refractivity contribution in [3.63, 3.8) is 0 Å². The molecule has 3 nitrogen and oxygen atoms in total. The van der Waals surface area contributed by atoms with Crippen LogP contribution in [0, 0.1) is 0 Å². The van der Waals surface area contributed by atoms with Crippen LogP contribution in [0.3, 0.4) is 0 Å². The largest absolute Gasteiger partial charge is 0.455 e. The average Bonchev–Trinajstić information content (AvgIpc) is 1.46.